The van der Waals surface area contributed by atoms with Gasteiger partial charge < -0.3 is 14.0 Å². The van der Waals surface area contributed by atoms with Crippen LogP contribution in [0, 0.1) is 0 Å². The van der Waals surface area contributed by atoms with E-state index in [0.717, 1.165) is 43.1 Å². The number of unbranched alkanes of at least 4 members (excludes halogenated alkanes) is 1. The lowest BCUT2D eigenvalue weighted by atomic mass is 10.2. The van der Waals surface area contributed by atoms with Gasteiger partial charge in [-0.15, -0.1) is 10.2 Å². The summed E-state index contributed by atoms with van der Waals surface area (Å²) in [7, 11) is 1.69. The van der Waals surface area contributed by atoms with E-state index < -0.39 is 0 Å². The molecule has 5 nitrogen and oxygen atoms in total. The molecule has 1 heterocycles. The molecule has 5 heteroatoms. The number of hydrogen-bond acceptors (Lipinski definition) is 4. The Bertz CT molecular complexity index is 508. The van der Waals surface area contributed by atoms with Crippen molar-refractivity contribution in [2.75, 3.05) is 20.3 Å². The minimum Gasteiger partial charge on any atom is -0.494 e. The molecule has 1 aromatic heterocycles. The first-order chi connectivity index (χ1) is 9.85. The lowest BCUT2D eigenvalue weighted by Gasteiger charge is -2.08. The molecule has 0 aliphatic heterocycles. The van der Waals surface area contributed by atoms with Gasteiger partial charge in [-0.1, -0.05) is 13.3 Å². The predicted octanol–water partition coefficient (Wildman–Crippen LogP) is 2.77. The van der Waals surface area contributed by atoms with Crippen LogP contribution < -0.4 is 4.74 Å². The summed E-state index contributed by atoms with van der Waals surface area (Å²) in [4.78, 5) is 0. The second-order valence-corrected chi connectivity index (χ2v) is 4.57. The van der Waals surface area contributed by atoms with Crippen LogP contribution in [0.4, 0.5) is 0 Å². The molecule has 0 fully saturated rings. The van der Waals surface area contributed by atoms with Gasteiger partial charge >= 0.3 is 0 Å². The van der Waals surface area contributed by atoms with Gasteiger partial charge in [-0.3, -0.25) is 0 Å². The Labute approximate surface area is 119 Å². The summed E-state index contributed by atoms with van der Waals surface area (Å²) in [6, 6.07) is 7.96. The fourth-order valence-corrected chi connectivity index (χ4v) is 1.87. The summed E-state index contributed by atoms with van der Waals surface area (Å²) in [5, 5.41) is 8.12. The molecule has 0 aliphatic rings. The Kier molecular flexibility index (Phi) is 5.55. The first-order valence-corrected chi connectivity index (χ1v) is 6.95. The molecule has 108 valence electrons. The van der Waals surface area contributed by atoms with Crippen LogP contribution >= 0.6 is 0 Å². The van der Waals surface area contributed by atoms with Crippen molar-refractivity contribution in [3.8, 4) is 17.1 Å². The van der Waals surface area contributed by atoms with Crippen molar-refractivity contribution in [2.24, 2.45) is 0 Å². The Balaban J connectivity index is 2.04. The third-order valence-electron chi connectivity index (χ3n) is 3.03. The van der Waals surface area contributed by atoms with E-state index in [2.05, 4.69) is 17.1 Å². The zero-order valence-corrected chi connectivity index (χ0v) is 12.1. The molecule has 1 aromatic carbocycles. The van der Waals surface area contributed by atoms with E-state index in [0.29, 0.717) is 6.61 Å². The van der Waals surface area contributed by atoms with Gasteiger partial charge in [0.1, 0.15) is 12.1 Å². The van der Waals surface area contributed by atoms with E-state index in [-0.39, 0.29) is 0 Å². The summed E-state index contributed by atoms with van der Waals surface area (Å²) in [6.45, 7) is 4.30. The molecule has 0 radical (unpaired) electrons. The lowest BCUT2D eigenvalue weighted by molar-refractivity contribution is 0.187. The number of nitrogens with zero attached hydrogens (tertiary/aromatic N) is 3. The molecule has 0 unspecified atom stereocenters. The van der Waals surface area contributed by atoms with Crippen LogP contribution in [0.3, 0.4) is 0 Å². The molecule has 0 aliphatic carbocycles. The maximum Gasteiger partial charge on any atom is 0.163 e. The van der Waals surface area contributed by atoms with Crippen LogP contribution in [0.5, 0.6) is 5.75 Å². The van der Waals surface area contributed by atoms with Crippen molar-refractivity contribution >= 4 is 0 Å². The Morgan fingerprint density at radius 1 is 1.15 bits per heavy atom. The maximum absolute atomic E-state index is 5.65. The largest absolute Gasteiger partial charge is 0.494 e. The van der Waals surface area contributed by atoms with Crippen LogP contribution in [0.2, 0.25) is 0 Å². The maximum atomic E-state index is 5.65. The molecule has 0 saturated heterocycles. The molecule has 0 amide bonds. The SMILES string of the molecule is CCCCOc1ccc(-c2nncn2CCOC)cc1. The highest BCUT2D eigenvalue weighted by Gasteiger charge is 2.07. The topological polar surface area (TPSA) is 49.2 Å². The highest BCUT2D eigenvalue weighted by Crippen LogP contribution is 2.20. The van der Waals surface area contributed by atoms with Gasteiger partial charge in [0, 0.05) is 19.2 Å². The first-order valence-electron chi connectivity index (χ1n) is 6.95. The summed E-state index contributed by atoms with van der Waals surface area (Å²) in [6.07, 6.45) is 3.94. The molecular formula is C15H21N3O2. The van der Waals surface area contributed by atoms with Crippen molar-refractivity contribution < 1.29 is 9.47 Å². The molecule has 0 bridgehead atoms. The average molecular weight is 275 g/mol. The minimum atomic E-state index is 0.642. The molecular weight excluding hydrogens is 254 g/mol. The van der Waals surface area contributed by atoms with Gasteiger partial charge in [0.25, 0.3) is 0 Å². The Morgan fingerprint density at radius 2 is 1.95 bits per heavy atom. The fourth-order valence-electron chi connectivity index (χ4n) is 1.87. The third kappa shape index (κ3) is 3.81. The van der Waals surface area contributed by atoms with Gasteiger partial charge in [-0.05, 0) is 30.7 Å². The van der Waals surface area contributed by atoms with Gasteiger partial charge in [-0.25, -0.2) is 0 Å². The van der Waals surface area contributed by atoms with Gasteiger partial charge in [-0.2, -0.15) is 0 Å². The van der Waals surface area contributed by atoms with E-state index in [9.17, 15) is 0 Å². The average Bonchev–Trinajstić information content (AvgIpc) is 2.94. The second-order valence-electron chi connectivity index (χ2n) is 4.57. The summed E-state index contributed by atoms with van der Waals surface area (Å²) in [5.41, 5.74) is 1.03. The standard InChI is InChI=1S/C15H21N3O2/c1-3-4-10-20-14-7-5-13(6-8-14)15-17-16-12-18(15)9-11-19-2/h5-8,12H,3-4,9-11H2,1-2H3. The van der Waals surface area contributed by atoms with Crippen LogP contribution in [0.15, 0.2) is 30.6 Å². The molecule has 2 rings (SSSR count). The zero-order valence-electron chi connectivity index (χ0n) is 12.1. The number of rotatable bonds is 8. The molecule has 0 atom stereocenters. The first kappa shape index (κ1) is 14.5. The number of aromatic nitrogens is 3. The van der Waals surface area contributed by atoms with Gasteiger partial charge in [0.2, 0.25) is 0 Å². The van der Waals surface area contributed by atoms with Crippen molar-refractivity contribution in [2.45, 2.75) is 26.3 Å². The third-order valence-corrected chi connectivity index (χ3v) is 3.03. The second kappa shape index (κ2) is 7.65. The van der Waals surface area contributed by atoms with Crippen molar-refractivity contribution in [1.29, 1.82) is 0 Å². The van der Waals surface area contributed by atoms with Gasteiger partial charge in [0.15, 0.2) is 5.82 Å². The van der Waals surface area contributed by atoms with Crippen molar-refractivity contribution in [3.05, 3.63) is 30.6 Å². The fraction of sp³-hybridized carbons (Fsp3) is 0.467. The van der Waals surface area contributed by atoms with Crippen molar-refractivity contribution in [3.63, 3.8) is 0 Å². The van der Waals surface area contributed by atoms with E-state index in [1.807, 2.05) is 28.8 Å². The molecule has 0 spiro atoms. The number of ether oxygens (including phenoxy) is 2. The highest BCUT2D eigenvalue weighted by molar-refractivity contribution is 5.56. The Morgan fingerprint density at radius 3 is 2.65 bits per heavy atom. The molecule has 0 saturated carbocycles. The molecule has 2 aromatic rings. The zero-order chi connectivity index (χ0) is 14.2. The van der Waals surface area contributed by atoms with Crippen LogP contribution in [-0.2, 0) is 11.3 Å². The van der Waals surface area contributed by atoms with Crippen LogP contribution in [0.1, 0.15) is 19.8 Å². The van der Waals surface area contributed by atoms with Crippen LogP contribution in [-0.4, -0.2) is 35.1 Å². The summed E-state index contributed by atoms with van der Waals surface area (Å²) < 4.78 is 12.7. The van der Waals surface area contributed by atoms with Crippen LogP contribution in [0.25, 0.3) is 11.4 Å². The molecule has 20 heavy (non-hydrogen) atoms. The molecule has 0 N–H and O–H groups in total. The monoisotopic (exact) mass is 275 g/mol. The van der Waals surface area contributed by atoms with E-state index >= 15 is 0 Å². The summed E-state index contributed by atoms with van der Waals surface area (Å²) >= 11 is 0. The number of methoxy groups -OCH3 is 1. The minimum absolute atomic E-state index is 0.642. The van der Waals surface area contributed by atoms with E-state index in [1.165, 1.54) is 0 Å². The highest BCUT2D eigenvalue weighted by atomic mass is 16.5. The smallest absolute Gasteiger partial charge is 0.163 e. The Hall–Kier alpha value is -1.88. The summed E-state index contributed by atoms with van der Waals surface area (Å²) in [5.74, 6) is 1.74. The quantitative estimate of drug-likeness (QED) is 0.695. The van der Waals surface area contributed by atoms with E-state index in [4.69, 9.17) is 9.47 Å². The number of hydrogen-bond donors (Lipinski definition) is 0. The predicted molar refractivity (Wildman–Crippen MR) is 77.7 cm³/mol. The van der Waals surface area contributed by atoms with Crippen molar-refractivity contribution in [1.82, 2.24) is 14.8 Å². The van der Waals surface area contributed by atoms with Gasteiger partial charge in [0.05, 0.1) is 13.2 Å². The normalized spacial score (nSPS) is 10.7. The number of benzene rings is 1. The lowest BCUT2D eigenvalue weighted by Crippen LogP contribution is -2.05. The van der Waals surface area contributed by atoms with E-state index in [1.54, 1.807) is 13.4 Å².